The number of carbonyl (C=O) groups excluding carboxylic acids is 1. The zero-order valence-electron chi connectivity index (χ0n) is 19.3. The molecule has 186 valence electrons. The molecule has 1 heterocycles. The zero-order chi connectivity index (χ0) is 25.0. The molecule has 1 aromatic heterocycles. The Balaban J connectivity index is 1.68. The number of hydrogen-bond donors (Lipinski definition) is 2. The molecule has 3 atom stereocenters. The number of ether oxygens (including phenoxy) is 1. The molecule has 1 fully saturated rings. The van der Waals surface area contributed by atoms with Gasteiger partial charge in [-0.25, -0.2) is 9.78 Å². The average molecular weight is 482 g/mol. The predicted molar refractivity (Wildman–Crippen MR) is 117 cm³/mol. The molecule has 1 aromatic carbocycles. The van der Waals surface area contributed by atoms with E-state index in [1.165, 1.54) is 0 Å². The van der Waals surface area contributed by atoms with Crippen molar-refractivity contribution < 1.29 is 37.0 Å². The number of amides is 1. The van der Waals surface area contributed by atoms with Crippen molar-refractivity contribution in [2.45, 2.75) is 71.4 Å². The van der Waals surface area contributed by atoms with E-state index in [0.717, 1.165) is 5.56 Å². The van der Waals surface area contributed by atoms with Crippen LogP contribution in [0.25, 0.3) is 11.5 Å². The van der Waals surface area contributed by atoms with Crippen LogP contribution in [0.5, 0.6) is 0 Å². The van der Waals surface area contributed by atoms with E-state index >= 15 is 0 Å². The number of oxazole rings is 1. The van der Waals surface area contributed by atoms with Crippen molar-refractivity contribution in [3.63, 3.8) is 0 Å². The average Bonchev–Trinajstić information content (AvgIpc) is 3.21. The Hall–Kier alpha value is -2.88. The van der Waals surface area contributed by atoms with Crippen molar-refractivity contribution in [3.05, 3.63) is 41.3 Å². The largest absolute Gasteiger partial charge is 0.480 e. The second-order valence-electron chi connectivity index (χ2n) is 9.02. The number of alkyl halides is 3. The fourth-order valence-corrected chi connectivity index (χ4v) is 4.01. The smallest absolute Gasteiger partial charge is 0.451 e. The summed E-state index contributed by atoms with van der Waals surface area (Å²) < 4.78 is 51.4. The zero-order valence-corrected chi connectivity index (χ0v) is 19.3. The molecular weight excluding hydrogens is 453 g/mol. The van der Waals surface area contributed by atoms with Gasteiger partial charge in [-0.1, -0.05) is 38.0 Å². The van der Waals surface area contributed by atoms with E-state index in [1.54, 1.807) is 38.1 Å². The quantitative estimate of drug-likeness (QED) is 0.551. The predicted octanol–water partition coefficient (Wildman–Crippen LogP) is 4.97. The van der Waals surface area contributed by atoms with Crippen LogP contribution in [0.1, 0.15) is 56.5 Å². The highest BCUT2D eigenvalue weighted by Gasteiger charge is 2.40. The minimum absolute atomic E-state index is 0.139. The fourth-order valence-electron chi connectivity index (χ4n) is 4.01. The Labute approximate surface area is 195 Å². The van der Waals surface area contributed by atoms with Gasteiger partial charge in [0.25, 0.3) is 0 Å². The summed E-state index contributed by atoms with van der Waals surface area (Å²) in [5.41, 5.74) is 1.03. The molecule has 1 aliphatic carbocycles. The van der Waals surface area contributed by atoms with Gasteiger partial charge in [-0.05, 0) is 44.2 Å². The van der Waals surface area contributed by atoms with E-state index in [2.05, 4.69) is 10.3 Å². The monoisotopic (exact) mass is 482 g/mol. The first-order valence-electron chi connectivity index (χ1n) is 11.2. The molecule has 0 aliphatic heterocycles. The van der Waals surface area contributed by atoms with Gasteiger partial charge in [-0.2, -0.15) is 13.2 Å². The molecule has 1 saturated carbocycles. The van der Waals surface area contributed by atoms with Gasteiger partial charge in [-0.15, -0.1) is 0 Å². The minimum Gasteiger partial charge on any atom is -0.480 e. The molecule has 10 heteroatoms. The lowest BCUT2D eigenvalue weighted by Gasteiger charge is -2.29. The molecule has 7 nitrogen and oxygen atoms in total. The van der Waals surface area contributed by atoms with E-state index in [0.29, 0.717) is 31.2 Å². The summed E-state index contributed by atoms with van der Waals surface area (Å²) >= 11 is 0. The second kappa shape index (κ2) is 10.6. The Morgan fingerprint density at radius 3 is 2.50 bits per heavy atom. The summed E-state index contributed by atoms with van der Waals surface area (Å²) in [5, 5.41) is 11.9. The lowest BCUT2D eigenvalue weighted by Crippen LogP contribution is -2.47. The highest BCUT2D eigenvalue weighted by atomic mass is 19.4. The van der Waals surface area contributed by atoms with Crippen LogP contribution in [-0.4, -0.2) is 34.1 Å². The van der Waals surface area contributed by atoms with E-state index < -0.39 is 42.6 Å². The minimum atomic E-state index is -4.73. The molecular formula is C24H29F3N2O5. The topological polar surface area (TPSA) is 102 Å². The number of aliphatic carboxylic acids is 1. The molecule has 1 aliphatic rings. The summed E-state index contributed by atoms with van der Waals surface area (Å²) in [5.74, 6) is -3.58. The number of hydrogen-bond acceptors (Lipinski definition) is 5. The molecule has 3 rings (SSSR count). The van der Waals surface area contributed by atoms with Gasteiger partial charge < -0.3 is 19.6 Å². The van der Waals surface area contributed by atoms with Crippen molar-refractivity contribution in [1.82, 2.24) is 10.3 Å². The van der Waals surface area contributed by atoms with Gasteiger partial charge >= 0.3 is 12.1 Å². The van der Waals surface area contributed by atoms with Crippen LogP contribution in [0.4, 0.5) is 13.2 Å². The maximum atomic E-state index is 13.5. The summed E-state index contributed by atoms with van der Waals surface area (Å²) in [7, 11) is 0. The van der Waals surface area contributed by atoms with Gasteiger partial charge in [0.1, 0.15) is 11.7 Å². The number of halogens is 3. The molecule has 1 unspecified atom stereocenters. The molecule has 0 radical (unpaired) electrons. The number of rotatable bonds is 8. The Kier molecular flexibility index (Phi) is 8.01. The number of nitrogens with zero attached hydrogens (tertiary/aromatic N) is 1. The molecule has 2 aromatic rings. The Bertz CT molecular complexity index is 1000. The first kappa shape index (κ1) is 25.7. The van der Waals surface area contributed by atoms with Crippen LogP contribution in [0.15, 0.2) is 28.7 Å². The van der Waals surface area contributed by atoms with Crippen LogP contribution in [-0.2, 0) is 27.1 Å². The van der Waals surface area contributed by atoms with Crippen LogP contribution >= 0.6 is 0 Å². The number of nitrogens with one attached hydrogen (secondary N) is 1. The maximum Gasteiger partial charge on any atom is 0.451 e. The maximum absolute atomic E-state index is 13.5. The Morgan fingerprint density at radius 1 is 1.24 bits per heavy atom. The number of carboxylic acids is 1. The van der Waals surface area contributed by atoms with E-state index in [-0.39, 0.29) is 23.4 Å². The van der Waals surface area contributed by atoms with Gasteiger partial charge in [0.2, 0.25) is 17.6 Å². The highest BCUT2D eigenvalue weighted by Crippen LogP contribution is 2.36. The van der Waals surface area contributed by atoms with Crippen LogP contribution < -0.4 is 5.32 Å². The van der Waals surface area contributed by atoms with E-state index in [9.17, 15) is 27.9 Å². The molecule has 0 saturated heterocycles. The third-order valence-electron chi connectivity index (χ3n) is 5.94. The molecule has 0 bridgehead atoms. The van der Waals surface area contributed by atoms with Crippen molar-refractivity contribution in [1.29, 1.82) is 0 Å². The van der Waals surface area contributed by atoms with Gasteiger partial charge in [-0.3, -0.25) is 4.79 Å². The van der Waals surface area contributed by atoms with Crippen molar-refractivity contribution in [3.8, 4) is 11.5 Å². The molecule has 1 amide bonds. The number of aryl methyl sites for hydroxylation is 1. The molecule has 34 heavy (non-hydrogen) atoms. The first-order valence-corrected chi connectivity index (χ1v) is 11.2. The standard InChI is InChI=1S/C24H29F3N2O5/c1-13(2)19(23(31)32)29-21(30)16-5-4-6-17(11-16)33-12-18-20(24(25,26)27)34-22(28-18)15-9-7-14(3)8-10-15/h7-10,13,16-17,19H,4-6,11-12H2,1-3H3,(H,29,30)(H,31,32)/t16-,17+,19?/m0/s1. The summed E-state index contributed by atoms with van der Waals surface area (Å²) in [4.78, 5) is 28.0. The summed E-state index contributed by atoms with van der Waals surface area (Å²) in [6.07, 6.45) is -3.10. The van der Waals surface area contributed by atoms with Gasteiger partial charge in [0.15, 0.2) is 0 Å². The fraction of sp³-hybridized carbons (Fsp3) is 0.542. The van der Waals surface area contributed by atoms with Crippen LogP contribution in [0.3, 0.4) is 0 Å². The SMILES string of the molecule is Cc1ccc(-c2nc(CO[C@@H]3CCC[C@H](C(=O)NC(C(=O)O)C(C)C)C3)c(C(F)(F)F)o2)cc1. The number of benzene rings is 1. The van der Waals surface area contributed by atoms with Crippen LogP contribution in [0, 0.1) is 18.8 Å². The number of aromatic nitrogens is 1. The van der Waals surface area contributed by atoms with E-state index in [1.807, 2.05) is 6.92 Å². The van der Waals surface area contributed by atoms with Crippen molar-refractivity contribution >= 4 is 11.9 Å². The third kappa shape index (κ3) is 6.37. The molecule has 2 N–H and O–H groups in total. The van der Waals surface area contributed by atoms with E-state index in [4.69, 9.17) is 9.15 Å². The van der Waals surface area contributed by atoms with Crippen LogP contribution in [0.2, 0.25) is 0 Å². The second-order valence-corrected chi connectivity index (χ2v) is 9.02. The lowest BCUT2D eigenvalue weighted by molar-refractivity contribution is -0.154. The number of carbonyl (C=O) groups is 2. The highest BCUT2D eigenvalue weighted by molar-refractivity contribution is 5.85. The normalized spacial score (nSPS) is 19.7. The number of carboxylic acid groups (broad SMARTS) is 1. The molecule has 0 spiro atoms. The van der Waals surface area contributed by atoms with Gasteiger partial charge in [0, 0.05) is 11.5 Å². The Morgan fingerprint density at radius 2 is 1.91 bits per heavy atom. The summed E-state index contributed by atoms with van der Waals surface area (Å²) in [6.45, 7) is 4.86. The van der Waals surface area contributed by atoms with Gasteiger partial charge in [0.05, 0.1) is 12.7 Å². The van der Waals surface area contributed by atoms with Crippen molar-refractivity contribution in [2.75, 3.05) is 0 Å². The third-order valence-corrected chi connectivity index (χ3v) is 5.94. The lowest BCUT2D eigenvalue weighted by atomic mass is 9.86. The van der Waals surface area contributed by atoms with Crippen molar-refractivity contribution in [2.24, 2.45) is 11.8 Å². The first-order chi connectivity index (χ1) is 16.0. The summed E-state index contributed by atoms with van der Waals surface area (Å²) in [6, 6.07) is 5.78.